The molecule has 0 aliphatic carbocycles. The second-order valence-corrected chi connectivity index (χ2v) is 8.37. The quantitative estimate of drug-likeness (QED) is 0.330. The fraction of sp³-hybridized carbons (Fsp3) is 0.200. The van der Waals surface area contributed by atoms with Crippen molar-refractivity contribution in [2.45, 2.75) is 11.6 Å². The molecular formula is C10H11N3Na2O7P2. The number of nitrogens with zero attached hydrogens (tertiary/aromatic N) is 3. The van der Waals surface area contributed by atoms with Crippen molar-refractivity contribution in [2.75, 3.05) is 0 Å². The average Bonchev–Trinajstić information content (AvgIpc) is 2.85. The summed E-state index contributed by atoms with van der Waals surface area (Å²) in [6, 6.07) is 8.26. The van der Waals surface area contributed by atoms with Crippen LogP contribution in [0.25, 0.3) is 11.3 Å². The molecule has 1 heterocycles. The van der Waals surface area contributed by atoms with Crippen molar-refractivity contribution in [3.05, 3.63) is 36.5 Å². The molecule has 14 heteroatoms. The van der Waals surface area contributed by atoms with Gasteiger partial charge >= 0.3 is 59.1 Å². The Kier molecular flexibility index (Phi) is 9.24. The van der Waals surface area contributed by atoms with Gasteiger partial charge in [0.25, 0.3) is 0 Å². The van der Waals surface area contributed by atoms with Crippen LogP contribution in [0.4, 0.5) is 0 Å². The first-order chi connectivity index (χ1) is 10.1. The Hall–Kier alpha value is 0.620. The van der Waals surface area contributed by atoms with Gasteiger partial charge in [-0.25, -0.2) is 4.68 Å². The van der Waals surface area contributed by atoms with Crippen LogP contribution in [0.2, 0.25) is 0 Å². The van der Waals surface area contributed by atoms with E-state index < -0.39 is 26.8 Å². The molecule has 1 aromatic heterocycles. The molecule has 0 amide bonds. The van der Waals surface area contributed by atoms with E-state index in [0.29, 0.717) is 5.56 Å². The SMILES string of the molecule is O=P([O-])(O)C(O)(Cn1nncc1-c1ccccc1)P(=O)([O-])O.[Na+].[Na+]. The van der Waals surface area contributed by atoms with Gasteiger partial charge in [-0.3, -0.25) is 0 Å². The van der Waals surface area contributed by atoms with Crippen LogP contribution < -0.4 is 68.9 Å². The van der Waals surface area contributed by atoms with E-state index in [2.05, 4.69) is 10.3 Å². The summed E-state index contributed by atoms with van der Waals surface area (Å²) in [5.74, 6) is 0. The summed E-state index contributed by atoms with van der Waals surface area (Å²) >= 11 is 0. The zero-order chi connectivity index (χ0) is 16.6. The minimum absolute atomic E-state index is 0. The first-order valence-corrected chi connectivity index (χ1v) is 8.96. The summed E-state index contributed by atoms with van der Waals surface area (Å²) in [5.41, 5.74) is 0.688. The Morgan fingerprint density at radius 1 is 1.08 bits per heavy atom. The van der Waals surface area contributed by atoms with Gasteiger partial charge in [-0.05, 0) is 0 Å². The second kappa shape index (κ2) is 9.01. The molecule has 2 aromatic rings. The third-order valence-corrected chi connectivity index (χ3v) is 6.56. The van der Waals surface area contributed by atoms with Gasteiger partial charge < -0.3 is 33.8 Å². The molecule has 0 fully saturated rings. The second-order valence-electron chi connectivity index (χ2n) is 4.46. The molecule has 3 N–H and O–H groups in total. The van der Waals surface area contributed by atoms with Crippen molar-refractivity contribution in [1.29, 1.82) is 0 Å². The fourth-order valence-corrected chi connectivity index (χ4v) is 3.65. The molecule has 24 heavy (non-hydrogen) atoms. The molecule has 0 radical (unpaired) electrons. The van der Waals surface area contributed by atoms with Crippen molar-refractivity contribution in [2.24, 2.45) is 0 Å². The van der Waals surface area contributed by atoms with Crippen molar-refractivity contribution in [3.63, 3.8) is 0 Å². The van der Waals surface area contributed by atoms with E-state index >= 15 is 0 Å². The van der Waals surface area contributed by atoms with Crippen molar-refractivity contribution < 1.29 is 92.9 Å². The van der Waals surface area contributed by atoms with Crippen LogP contribution >= 0.6 is 15.2 Å². The molecule has 0 saturated carbocycles. The summed E-state index contributed by atoms with van der Waals surface area (Å²) in [6.45, 7) is -1.24. The van der Waals surface area contributed by atoms with Crippen LogP contribution in [-0.2, 0) is 15.7 Å². The molecule has 0 saturated heterocycles. The van der Waals surface area contributed by atoms with Crippen LogP contribution in [0.1, 0.15) is 0 Å². The topological polar surface area (TPSA) is 172 Å². The smallest absolute Gasteiger partial charge is 0.776 e. The maximum Gasteiger partial charge on any atom is 1.00 e. The van der Waals surface area contributed by atoms with Crippen LogP contribution in [-0.4, -0.2) is 35.0 Å². The van der Waals surface area contributed by atoms with E-state index in [1.54, 1.807) is 30.3 Å². The maximum absolute atomic E-state index is 11.2. The summed E-state index contributed by atoms with van der Waals surface area (Å²) in [6.07, 6.45) is 1.20. The van der Waals surface area contributed by atoms with E-state index in [0.717, 1.165) is 4.68 Å². The minimum atomic E-state index is -5.87. The van der Waals surface area contributed by atoms with Crippen molar-refractivity contribution in [1.82, 2.24) is 15.0 Å². The van der Waals surface area contributed by atoms with E-state index in [1.165, 1.54) is 6.20 Å². The van der Waals surface area contributed by atoms with Gasteiger partial charge in [-0.15, -0.1) is 5.10 Å². The Morgan fingerprint density at radius 3 is 2.04 bits per heavy atom. The zero-order valence-electron chi connectivity index (χ0n) is 12.9. The van der Waals surface area contributed by atoms with Crippen LogP contribution in [0.15, 0.2) is 36.5 Å². The number of hydrogen-bond donors (Lipinski definition) is 3. The normalized spacial score (nSPS) is 18.2. The van der Waals surface area contributed by atoms with Gasteiger partial charge in [0.15, 0.2) is 15.2 Å². The van der Waals surface area contributed by atoms with Crippen LogP contribution in [0.5, 0.6) is 0 Å². The van der Waals surface area contributed by atoms with E-state index in [9.17, 15) is 24.0 Å². The predicted molar refractivity (Wildman–Crippen MR) is 70.1 cm³/mol. The van der Waals surface area contributed by atoms with E-state index in [4.69, 9.17) is 9.79 Å². The molecule has 2 atom stereocenters. The van der Waals surface area contributed by atoms with Gasteiger partial charge in [-0.1, -0.05) is 35.5 Å². The Balaban J connectivity index is 0.00000264. The number of aromatic nitrogens is 3. The zero-order valence-corrected chi connectivity index (χ0v) is 18.7. The first kappa shape index (κ1) is 24.6. The monoisotopic (exact) mass is 393 g/mol. The Labute approximate surface area is 181 Å². The molecule has 2 unspecified atom stereocenters. The summed E-state index contributed by atoms with van der Waals surface area (Å²) in [7, 11) is -11.7. The van der Waals surface area contributed by atoms with E-state index in [1.807, 2.05) is 0 Å². The van der Waals surface area contributed by atoms with Crippen LogP contribution in [0, 0.1) is 0 Å². The molecule has 0 bridgehead atoms. The summed E-state index contributed by atoms with van der Waals surface area (Å²) < 4.78 is 23.2. The summed E-state index contributed by atoms with van der Waals surface area (Å²) in [5, 5.41) is 13.0. The minimum Gasteiger partial charge on any atom is -0.776 e. The van der Waals surface area contributed by atoms with E-state index in [-0.39, 0.29) is 64.8 Å². The molecule has 2 rings (SSSR count). The third-order valence-electron chi connectivity index (χ3n) is 2.95. The number of rotatable bonds is 5. The number of benzene rings is 1. The molecule has 10 nitrogen and oxygen atoms in total. The van der Waals surface area contributed by atoms with Gasteiger partial charge in [0.1, 0.15) is 0 Å². The molecule has 120 valence electrons. The molecule has 0 aliphatic rings. The van der Waals surface area contributed by atoms with Crippen LogP contribution in [0.3, 0.4) is 0 Å². The molecule has 0 aliphatic heterocycles. The fourth-order valence-electron chi connectivity index (χ4n) is 1.75. The average molecular weight is 393 g/mol. The van der Waals surface area contributed by atoms with Crippen molar-refractivity contribution >= 4 is 15.2 Å². The molecular weight excluding hydrogens is 382 g/mol. The summed E-state index contributed by atoms with van der Waals surface area (Å²) in [4.78, 5) is 40.4. The molecule has 1 aromatic carbocycles. The van der Waals surface area contributed by atoms with Crippen molar-refractivity contribution in [3.8, 4) is 11.3 Å². The van der Waals surface area contributed by atoms with Gasteiger partial charge in [0, 0.05) is 5.56 Å². The van der Waals surface area contributed by atoms with Gasteiger partial charge in [0.05, 0.1) is 18.4 Å². The third kappa shape index (κ3) is 5.08. The maximum atomic E-state index is 11.2. The Bertz CT molecular complexity index is 739. The first-order valence-electron chi connectivity index (χ1n) is 5.80. The number of hydrogen-bond acceptors (Lipinski definition) is 7. The standard InChI is InChI=1S/C10H13N3O7P2.2Na/c14-10(21(15,16)17,22(18,19)20)7-13-9(6-11-12-13)8-4-2-1-3-5-8;;/h1-6,14H,7H2,(H2,15,16,17)(H2,18,19,20);;/q;2*+1/p-2. The Morgan fingerprint density at radius 2 is 1.58 bits per heavy atom. The predicted octanol–water partition coefficient (Wildman–Crippen LogP) is -7.31. The van der Waals surface area contributed by atoms with Gasteiger partial charge in [0.2, 0.25) is 5.08 Å². The number of aliphatic hydroxyl groups is 1. The largest absolute Gasteiger partial charge is 1.00 e. The van der Waals surface area contributed by atoms with Gasteiger partial charge in [-0.2, -0.15) is 0 Å². The molecule has 0 spiro atoms.